The fraction of sp³-hybridized carbons (Fsp3) is 0.917. The van der Waals surface area contributed by atoms with E-state index in [1.165, 1.54) is 19.3 Å². The highest BCUT2D eigenvalue weighted by atomic mass is 16.3. The van der Waals surface area contributed by atoms with E-state index in [9.17, 15) is 9.90 Å². The van der Waals surface area contributed by atoms with Gasteiger partial charge in [-0.05, 0) is 12.8 Å². The van der Waals surface area contributed by atoms with E-state index in [1.54, 1.807) is 0 Å². The van der Waals surface area contributed by atoms with E-state index in [4.69, 9.17) is 0 Å². The molecule has 0 aromatic heterocycles. The Morgan fingerprint density at radius 1 is 1.25 bits per heavy atom. The standard InChI is InChI=1S/C12H22N2O2/c15-11-8-13-6-10(11)7-14-12(16)9-4-2-1-3-5-9/h9-11,13,15H,1-8H2,(H,14,16). The van der Waals surface area contributed by atoms with E-state index < -0.39 is 0 Å². The molecule has 0 bridgehead atoms. The molecule has 1 amide bonds. The third-order valence-corrected chi connectivity index (χ3v) is 3.82. The van der Waals surface area contributed by atoms with Crippen LogP contribution in [-0.4, -0.2) is 36.8 Å². The Bertz CT molecular complexity index is 239. The molecule has 2 aliphatic rings. The van der Waals surface area contributed by atoms with Crippen molar-refractivity contribution >= 4 is 5.91 Å². The molecule has 1 heterocycles. The van der Waals surface area contributed by atoms with Gasteiger partial charge in [0.15, 0.2) is 0 Å². The lowest BCUT2D eigenvalue weighted by atomic mass is 9.88. The highest BCUT2D eigenvalue weighted by Gasteiger charge is 2.27. The van der Waals surface area contributed by atoms with Gasteiger partial charge in [-0.2, -0.15) is 0 Å². The zero-order valence-corrected chi connectivity index (χ0v) is 9.74. The second-order valence-electron chi connectivity index (χ2n) is 5.07. The summed E-state index contributed by atoms with van der Waals surface area (Å²) >= 11 is 0. The molecule has 1 aliphatic heterocycles. The van der Waals surface area contributed by atoms with Gasteiger partial charge >= 0.3 is 0 Å². The van der Waals surface area contributed by atoms with E-state index in [2.05, 4.69) is 10.6 Å². The van der Waals surface area contributed by atoms with Gasteiger partial charge in [-0.3, -0.25) is 4.79 Å². The molecule has 2 unspecified atom stereocenters. The van der Waals surface area contributed by atoms with Gasteiger partial charge in [0.05, 0.1) is 6.10 Å². The molecular weight excluding hydrogens is 204 g/mol. The lowest BCUT2D eigenvalue weighted by Crippen LogP contribution is -2.38. The van der Waals surface area contributed by atoms with Crippen LogP contribution in [-0.2, 0) is 4.79 Å². The van der Waals surface area contributed by atoms with Crippen LogP contribution in [0.2, 0.25) is 0 Å². The lowest BCUT2D eigenvalue weighted by Gasteiger charge is -2.22. The molecule has 1 aliphatic carbocycles. The smallest absolute Gasteiger partial charge is 0.223 e. The number of amides is 1. The van der Waals surface area contributed by atoms with Crippen LogP contribution in [0.15, 0.2) is 0 Å². The van der Waals surface area contributed by atoms with Gasteiger partial charge in [-0.15, -0.1) is 0 Å². The molecule has 2 fully saturated rings. The van der Waals surface area contributed by atoms with Crippen LogP contribution in [0.3, 0.4) is 0 Å². The average molecular weight is 226 g/mol. The number of hydrogen-bond donors (Lipinski definition) is 3. The molecule has 2 atom stereocenters. The number of nitrogens with one attached hydrogen (secondary N) is 2. The van der Waals surface area contributed by atoms with Crippen LogP contribution in [0.5, 0.6) is 0 Å². The maximum Gasteiger partial charge on any atom is 0.223 e. The zero-order valence-electron chi connectivity index (χ0n) is 9.74. The van der Waals surface area contributed by atoms with Crippen LogP contribution in [0, 0.1) is 11.8 Å². The summed E-state index contributed by atoms with van der Waals surface area (Å²) in [6, 6.07) is 0. The second-order valence-corrected chi connectivity index (χ2v) is 5.07. The van der Waals surface area contributed by atoms with E-state index in [0.717, 1.165) is 19.4 Å². The summed E-state index contributed by atoms with van der Waals surface area (Å²) in [5.74, 6) is 0.603. The first kappa shape index (κ1) is 11.9. The monoisotopic (exact) mass is 226 g/mol. The Labute approximate surface area is 96.8 Å². The van der Waals surface area contributed by atoms with Crippen molar-refractivity contribution in [2.75, 3.05) is 19.6 Å². The van der Waals surface area contributed by atoms with Gasteiger partial charge in [0.25, 0.3) is 0 Å². The van der Waals surface area contributed by atoms with Gasteiger partial charge < -0.3 is 15.7 Å². The first-order valence-corrected chi connectivity index (χ1v) is 6.44. The zero-order chi connectivity index (χ0) is 11.4. The summed E-state index contributed by atoms with van der Waals surface area (Å²) in [6.07, 6.45) is 5.42. The average Bonchev–Trinajstić information content (AvgIpc) is 2.73. The van der Waals surface area contributed by atoms with Crippen LogP contribution in [0.1, 0.15) is 32.1 Å². The van der Waals surface area contributed by atoms with Crippen molar-refractivity contribution in [3.05, 3.63) is 0 Å². The van der Waals surface area contributed by atoms with Crippen molar-refractivity contribution in [1.29, 1.82) is 0 Å². The minimum Gasteiger partial charge on any atom is -0.391 e. The van der Waals surface area contributed by atoms with E-state index in [-0.39, 0.29) is 23.8 Å². The van der Waals surface area contributed by atoms with E-state index in [0.29, 0.717) is 13.1 Å². The fourth-order valence-corrected chi connectivity index (χ4v) is 2.67. The summed E-state index contributed by atoms with van der Waals surface area (Å²) in [4.78, 5) is 11.8. The topological polar surface area (TPSA) is 61.4 Å². The van der Waals surface area contributed by atoms with Crippen LogP contribution in [0.25, 0.3) is 0 Å². The van der Waals surface area contributed by atoms with Crippen molar-refractivity contribution < 1.29 is 9.90 Å². The van der Waals surface area contributed by atoms with Gasteiger partial charge in [-0.25, -0.2) is 0 Å². The maximum absolute atomic E-state index is 11.8. The van der Waals surface area contributed by atoms with Crippen molar-refractivity contribution in [1.82, 2.24) is 10.6 Å². The van der Waals surface area contributed by atoms with Crippen molar-refractivity contribution in [2.24, 2.45) is 11.8 Å². The van der Waals surface area contributed by atoms with Crippen molar-refractivity contribution in [3.63, 3.8) is 0 Å². The summed E-state index contributed by atoms with van der Waals surface area (Å²) in [6.45, 7) is 2.08. The number of hydrogen-bond acceptors (Lipinski definition) is 3. The first-order valence-electron chi connectivity index (χ1n) is 6.44. The molecule has 16 heavy (non-hydrogen) atoms. The quantitative estimate of drug-likeness (QED) is 0.647. The summed E-state index contributed by atoms with van der Waals surface area (Å²) in [5.41, 5.74) is 0. The van der Waals surface area contributed by atoms with Crippen LogP contribution in [0.4, 0.5) is 0 Å². The highest BCUT2D eigenvalue weighted by Crippen LogP contribution is 2.23. The summed E-state index contributed by atoms with van der Waals surface area (Å²) in [5, 5.41) is 15.7. The first-order chi connectivity index (χ1) is 7.77. The molecule has 3 N–H and O–H groups in total. The molecule has 1 saturated heterocycles. The molecule has 0 aromatic rings. The Hall–Kier alpha value is -0.610. The molecule has 4 nitrogen and oxygen atoms in total. The third-order valence-electron chi connectivity index (χ3n) is 3.82. The van der Waals surface area contributed by atoms with E-state index in [1.807, 2.05) is 0 Å². The minimum atomic E-state index is -0.299. The largest absolute Gasteiger partial charge is 0.391 e. The predicted molar refractivity (Wildman–Crippen MR) is 62.0 cm³/mol. The number of aliphatic hydroxyl groups is 1. The number of rotatable bonds is 3. The fourth-order valence-electron chi connectivity index (χ4n) is 2.67. The molecule has 4 heteroatoms. The number of carbonyl (C=O) groups excluding carboxylic acids is 1. The Morgan fingerprint density at radius 2 is 2.00 bits per heavy atom. The molecule has 2 rings (SSSR count). The Balaban J connectivity index is 1.70. The van der Waals surface area contributed by atoms with Crippen molar-refractivity contribution in [3.8, 4) is 0 Å². The van der Waals surface area contributed by atoms with Crippen LogP contribution >= 0.6 is 0 Å². The molecule has 0 spiro atoms. The Kier molecular flexibility index (Phi) is 4.18. The Morgan fingerprint density at radius 3 is 2.62 bits per heavy atom. The molecule has 1 saturated carbocycles. The van der Waals surface area contributed by atoms with Gasteiger partial charge in [0.2, 0.25) is 5.91 Å². The molecule has 0 aromatic carbocycles. The second kappa shape index (κ2) is 5.64. The van der Waals surface area contributed by atoms with Gasteiger partial charge in [-0.1, -0.05) is 19.3 Å². The number of carbonyl (C=O) groups is 1. The molecular formula is C12H22N2O2. The maximum atomic E-state index is 11.8. The van der Waals surface area contributed by atoms with E-state index >= 15 is 0 Å². The summed E-state index contributed by atoms with van der Waals surface area (Å²) < 4.78 is 0. The molecule has 92 valence electrons. The normalized spacial score (nSPS) is 31.6. The predicted octanol–water partition coefficient (Wildman–Crippen LogP) is 0.263. The SMILES string of the molecule is O=C(NCC1CNCC1O)C1CCCCC1. The van der Waals surface area contributed by atoms with Gasteiger partial charge in [0.1, 0.15) is 0 Å². The van der Waals surface area contributed by atoms with Gasteiger partial charge in [0, 0.05) is 31.5 Å². The number of aliphatic hydroxyl groups excluding tert-OH is 1. The lowest BCUT2D eigenvalue weighted by molar-refractivity contribution is -0.126. The summed E-state index contributed by atoms with van der Waals surface area (Å²) in [7, 11) is 0. The minimum absolute atomic E-state index is 0.188. The number of β-amino-alcohol motifs (C(OH)–C–C–N with tert-alkyl or cyclic N) is 1. The van der Waals surface area contributed by atoms with Crippen molar-refractivity contribution in [2.45, 2.75) is 38.2 Å². The third kappa shape index (κ3) is 2.95. The van der Waals surface area contributed by atoms with Crippen LogP contribution < -0.4 is 10.6 Å². The molecule has 0 radical (unpaired) electrons. The highest BCUT2D eigenvalue weighted by molar-refractivity contribution is 5.78.